The molecule has 10 nitrogen and oxygen atoms in total. The van der Waals surface area contributed by atoms with Crippen LogP contribution in [0.2, 0.25) is 5.02 Å². The fraction of sp³-hybridized carbons (Fsp3) is 0.250. The molecule has 0 aliphatic carbocycles. The summed E-state index contributed by atoms with van der Waals surface area (Å²) in [7, 11) is 1.57. The number of anilines is 1. The number of hydrogen-bond donors (Lipinski definition) is 5. The molecule has 1 fully saturated rings. The third-order valence-corrected chi connectivity index (χ3v) is 7.62. The van der Waals surface area contributed by atoms with Gasteiger partial charge in [-0.2, -0.15) is 0 Å². The van der Waals surface area contributed by atoms with E-state index >= 15 is 0 Å². The van der Waals surface area contributed by atoms with Gasteiger partial charge >= 0.3 is 0 Å². The number of nitrogen functional groups attached to an aromatic ring is 1. The number of carbonyl (C=O) groups is 2. The zero-order valence-corrected chi connectivity index (χ0v) is 24.6. The van der Waals surface area contributed by atoms with E-state index in [4.69, 9.17) is 27.8 Å². The number of carbonyl (C=O) groups excluding carboxylic acids is 2. The van der Waals surface area contributed by atoms with Crippen LogP contribution >= 0.6 is 11.6 Å². The molecule has 1 saturated heterocycles. The number of primary amides is 1. The lowest BCUT2D eigenvalue weighted by Gasteiger charge is -2.21. The van der Waals surface area contributed by atoms with Crippen LogP contribution in [-0.2, 0) is 11.3 Å². The summed E-state index contributed by atoms with van der Waals surface area (Å²) in [5.74, 6) is 6.37. The molecule has 0 saturated carbocycles. The predicted molar refractivity (Wildman–Crippen MR) is 166 cm³/mol. The highest BCUT2D eigenvalue weighted by molar-refractivity contribution is 6.31. The Hall–Kier alpha value is -4.85. The van der Waals surface area contributed by atoms with Gasteiger partial charge in [0.15, 0.2) is 0 Å². The number of amides is 2. The van der Waals surface area contributed by atoms with Crippen LogP contribution in [0.25, 0.3) is 22.6 Å². The Morgan fingerprint density at radius 2 is 1.88 bits per heavy atom. The van der Waals surface area contributed by atoms with Crippen molar-refractivity contribution in [2.45, 2.75) is 26.3 Å². The molecule has 0 spiro atoms. The van der Waals surface area contributed by atoms with Gasteiger partial charge in [0.1, 0.15) is 11.4 Å². The number of nitrogens with one attached hydrogen (secondary N) is 3. The molecule has 2 amide bonds. The van der Waals surface area contributed by atoms with Crippen molar-refractivity contribution in [1.29, 1.82) is 0 Å². The molecule has 11 heteroatoms. The first-order valence-corrected chi connectivity index (χ1v) is 14.2. The van der Waals surface area contributed by atoms with Crippen LogP contribution in [0.4, 0.5) is 5.95 Å². The summed E-state index contributed by atoms with van der Waals surface area (Å²) in [6.07, 6.45) is 3.19. The van der Waals surface area contributed by atoms with E-state index in [1.165, 1.54) is 6.20 Å². The van der Waals surface area contributed by atoms with Gasteiger partial charge in [-0.1, -0.05) is 35.6 Å². The van der Waals surface area contributed by atoms with E-state index in [2.05, 4.69) is 37.4 Å². The smallest absolute Gasteiger partial charge is 0.250 e. The van der Waals surface area contributed by atoms with E-state index in [1.54, 1.807) is 25.3 Å². The van der Waals surface area contributed by atoms with Crippen molar-refractivity contribution in [3.63, 3.8) is 0 Å². The lowest BCUT2D eigenvalue weighted by molar-refractivity contribution is -0.125. The Kier molecular flexibility index (Phi) is 8.95. The van der Waals surface area contributed by atoms with E-state index in [9.17, 15) is 9.59 Å². The van der Waals surface area contributed by atoms with Gasteiger partial charge < -0.3 is 31.8 Å². The normalized spacial score (nSPS) is 13.2. The SMILES string of the molecule is COc1ccc(CNC(=O)C2CCNCC2)cc1C#Cc1cnc(N)nc1-c1cc(C(N)=O)c(-c2cc(Cl)ccc2C)[nH]1. The van der Waals surface area contributed by atoms with Gasteiger partial charge in [0.25, 0.3) is 5.91 Å². The van der Waals surface area contributed by atoms with Crippen LogP contribution < -0.4 is 26.8 Å². The summed E-state index contributed by atoms with van der Waals surface area (Å²) in [4.78, 5) is 36.9. The predicted octanol–water partition coefficient (Wildman–Crippen LogP) is 3.81. The quantitative estimate of drug-likeness (QED) is 0.202. The molecular formula is C32H32ClN7O3. The van der Waals surface area contributed by atoms with Gasteiger partial charge in [0.05, 0.1) is 35.2 Å². The standard InChI is InChI=1S/C32H32ClN7O3/c1-18-3-7-23(33)14-24(18)29-25(30(34)41)15-26(39-29)28-22(17-38-32(35)40-28)6-5-21-13-19(4-8-27(21)43-2)16-37-31(42)20-9-11-36-12-10-20/h3-4,7-8,13-15,17,20,36,39H,9-12,16H2,1-2H3,(H2,34,41)(H,37,42)(H2,35,38,40). The lowest BCUT2D eigenvalue weighted by Crippen LogP contribution is -2.37. The molecule has 0 unspecified atom stereocenters. The molecular weight excluding hydrogens is 566 g/mol. The van der Waals surface area contributed by atoms with Gasteiger partial charge in [0.2, 0.25) is 11.9 Å². The number of aryl methyl sites for hydroxylation is 1. The molecule has 1 aliphatic heterocycles. The molecule has 0 atom stereocenters. The number of aromatic amines is 1. The van der Waals surface area contributed by atoms with Gasteiger partial charge in [0, 0.05) is 29.2 Å². The zero-order chi connectivity index (χ0) is 30.5. The number of hydrogen-bond acceptors (Lipinski definition) is 7. The monoisotopic (exact) mass is 597 g/mol. The van der Waals surface area contributed by atoms with Crippen LogP contribution in [0.15, 0.2) is 48.7 Å². The molecule has 2 aromatic heterocycles. The van der Waals surface area contributed by atoms with Crippen LogP contribution in [0, 0.1) is 24.7 Å². The number of rotatable bonds is 7. The maximum atomic E-state index is 12.6. The van der Waals surface area contributed by atoms with Crippen LogP contribution in [0.3, 0.4) is 0 Å². The van der Waals surface area contributed by atoms with Crippen molar-refractivity contribution < 1.29 is 14.3 Å². The molecule has 1 aliphatic rings. The first kappa shape index (κ1) is 29.6. The Labute approximate surface area is 254 Å². The Balaban J connectivity index is 1.48. The number of benzene rings is 2. The third kappa shape index (κ3) is 6.80. The molecule has 5 rings (SSSR count). The average molecular weight is 598 g/mol. The summed E-state index contributed by atoms with van der Waals surface area (Å²) in [6.45, 7) is 3.99. The molecule has 0 radical (unpaired) electrons. The number of H-pyrrole nitrogens is 1. The molecule has 220 valence electrons. The molecule has 43 heavy (non-hydrogen) atoms. The maximum absolute atomic E-state index is 12.6. The summed E-state index contributed by atoms with van der Waals surface area (Å²) in [5.41, 5.74) is 17.0. The van der Waals surface area contributed by atoms with Gasteiger partial charge in [-0.05, 0) is 74.3 Å². The number of methoxy groups -OCH3 is 1. The summed E-state index contributed by atoms with van der Waals surface area (Å²) in [6, 6.07) is 12.6. The minimum atomic E-state index is -0.611. The topological polar surface area (TPSA) is 161 Å². The van der Waals surface area contributed by atoms with E-state index in [1.807, 2.05) is 31.2 Å². The fourth-order valence-corrected chi connectivity index (χ4v) is 5.23. The van der Waals surface area contributed by atoms with E-state index in [0.29, 0.717) is 45.5 Å². The van der Waals surface area contributed by atoms with Crippen molar-refractivity contribution in [1.82, 2.24) is 25.6 Å². The fourth-order valence-electron chi connectivity index (χ4n) is 5.06. The number of nitrogens with two attached hydrogens (primary N) is 2. The third-order valence-electron chi connectivity index (χ3n) is 7.39. The molecule has 7 N–H and O–H groups in total. The van der Waals surface area contributed by atoms with Crippen molar-refractivity contribution in [2.24, 2.45) is 11.7 Å². The number of ether oxygens (including phenoxy) is 1. The summed E-state index contributed by atoms with van der Waals surface area (Å²) >= 11 is 6.26. The first-order chi connectivity index (χ1) is 20.7. The minimum absolute atomic E-state index is 0.0223. The van der Waals surface area contributed by atoms with E-state index in [-0.39, 0.29) is 23.3 Å². The lowest BCUT2D eigenvalue weighted by atomic mass is 9.97. The zero-order valence-electron chi connectivity index (χ0n) is 23.9. The number of aromatic nitrogens is 3. The maximum Gasteiger partial charge on any atom is 0.250 e. The Bertz CT molecular complexity index is 1750. The highest BCUT2D eigenvalue weighted by Gasteiger charge is 2.21. The second-order valence-electron chi connectivity index (χ2n) is 10.3. The van der Waals surface area contributed by atoms with Gasteiger partial charge in [-0.25, -0.2) is 9.97 Å². The molecule has 0 bridgehead atoms. The van der Waals surface area contributed by atoms with Crippen molar-refractivity contribution in [2.75, 3.05) is 25.9 Å². The molecule has 3 heterocycles. The van der Waals surface area contributed by atoms with E-state index in [0.717, 1.165) is 42.6 Å². The highest BCUT2D eigenvalue weighted by atomic mass is 35.5. The first-order valence-electron chi connectivity index (χ1n) is 13.8. The van der Waals surface area contributed by atoms with Crippen LogP contribution in [-0.4, -0.2) is 47.0 Å². The van der Waals surface area contributed by atoms with Gasteiger partial charge in [-0.3, -0.25) is 9.59 Å². The second kappa shape index (κ2) is 13.0. The Morgan fingerprint density at radius 1 is 1.12 bits per heavy atom. The number of halogens is 1. The van der Waals surface area contributed by atoms with Crippen molar-refractivity contribution in [3.8, 4) is 40.2 Å². The van der Waals surface area contributed by atoms with Crippen molar-refractivity contribution >= 4 is 29.4 Å². The second-order valence-corrected chi connectivity index (χ2v) is 10.7. The van der Waals surface area contributed by atoms with Crippen molar-refractivity contribution in [3.05, 3.63) is 81.5 Å². The summed E-state index contributed by atoms with van der Waals surface area (Å²) < 4.78 is 5.54. The van der Waals surface area contributed by atoms with Gasteiger partial charge in [-0.15, -0.1) is 0 Å². The highest BCUT2D eigenvalue weighted by Crippen LogP contribution is 2.33. The Morgan fingerprint density at radius 3 is 2.63 bits per heavy atom. The minimum Gasteiger partial charge on any atom is -0.495 e. The molecule has 2 aromatic carbocycles. The van der Waals surface area contributed by atoms with E-state index < -0.39 is 5.91 Å². The largest absolute Gasteiger partial charge is 0.495 e. The number of nitrogens with zero attached hydrogens (tertiary/aromatic N) is 2. The number of piperidine rings is 1. The van der Waals surface area contributed by atoms with Crippen LogP contribution in [0.5, 0.6) is 5.75 Å². The average Bonchev–Trinajstić information content (AvgIpc) is 3.46. The van der Waals surface area contributed by atoms with Crippen LogP contribution in [0.1, 0.15) is 45.5 Å². The summed E-state index contributed by atoms with van der Waals surface area (Å²) in [5, 5.41) is 6.84. The molecule has 4 aromatic rings.